The van der Waals surface area contributed by atoms with Crippen LogP contribution in [-0.2, 0) is 4.74 Å². The molecule has 0 fully saturated rings. The lowest BCUT2D eigenvalue weighted by atomic mass is 10.1. The van der Waals surface area contributed by atoms with E-state index in [1.54, 1.807) is 36.4 Å². The summed E-state index contributed by atoms with van der Waals surface area (Å²) in [6.07, 6.45) is 1.35. The van der Waals surface area contributed by atoms with Gasteiger partial charge in [-0.15, -0.1) is 0 Å². The Balaban J connectivity index is 1.50. The van der Waals surface area contributed by atoms with Crippen LogP contribution in [0.3, 0.4) is 0 Å². The molecule has 0 bridgehead atoms. The molecule has 1 aliphatic heterocycles. The van der Waals surface area contributed by atoms with Crippen molar-refractivity contribution in [1.82, 2.24) is 4.90 Å². The Kier molecular flexibility index (Phi) is 6.27. The van der Waals surface area contributed by atoms with Crippen molar-refractivity contribution in [2.24, 2.45) is 0 Å². The van der Waals surface area contributed by atoms with E-state index in [9.17, 15) is 14.4 Å². The number of amides is 3. The number of carbonyl (C=O) groups excluding carboxylic acids is 3. The molecule has 1 aromatic heterocycles. The van der Waals surface area contributed by atoms with Gasteiger partial charge in [0.1, 0.15) is 6.61 Å². The van der Waals surface area contributed by atoms with Crippen LogP contribution in [0, 0.1) is 0 Å². The van der Waals surface area contributed by atoms with Crippen molar-refractivity contribution in [2.45, 2.75) is 0 Å². The van der Waals surface area contributed by atoms with Gasteiger partial charge in [0.25, 0.3) is 17.0 Å². The monoisotopic (exact) mass is 488 g/mol. The highest BCUT2D eigenvalue weighted by Crippen LogP contribution is 2.29. The largest absolute Gasteiger partial charge is 0.468 e. The van der Waals surface area contributed by atoms with Crippen LogP contribution in [0.2, 0.25) is 10.0 Å². The topological polar surface area (TPSA) is 80.1 Å². The summed E-state index contributed by atoms with van der Waals surface area (Å²) < 4.78 is 10.8. The number of imide groups is 1. The van der Waals surface area contributed by atoms with Crippen LogP contribution in [-0.4, -0.2) is 40.9 Å². The van der Waals surface area contributed by atoms with Gasteiger partial charge >= 0.3 is 5.91 Å². The maximum absolute atomic E-state index is 13.0. The molecular weight excluding hydrogens is 475 g/mol. The highest BCUT2D eigenvalue weighted by Gasteiger charge is 2.35. The first kappa shape index (κ1) is 22.0. The van der Waals surface area contributed by atoms with Gasteiger partial charge in [-0.2, -0.15) is 0 Å². The summed E-state index contributed by atoms with van der Waals surface area (Å²) in [5.74, 6) is -1.37. The van der Waals surface area contributed by atoms with Gasteiger partial charge in [-0.05, 0) is 54.7 Å². The van der Waals surface area contributed by atoms with E-state index in [4.69, 9.17) is 44.6 Å². The van der Waals surface area contributed by atoms with Crippen molar-refractivity contribution in [3.05, 3.63) is 87.8 Å². The van der Waals surface area contributed by atoms with E-state index in [1.165, 1.54) is 24.5 Å². The van der Waals surface area contributed by atoms with Gasteiger partial charge in [-0.25, -0.2) is 4.90 Å². The lowest BCUT2D eigenvalue weighted by Crippen LogP contribution is -2.39. The first-order chi connectivity index (χ1) is 15.4. The molecule has 3 aromatic rings. The minimum absolute atomic E-state index is 0.0300. The Hall–Kier alpha value is -3.20. The Labute approximate surface area is 198 Å². The van der Waals surface area contributed by atoms with Gasteiger partial charge in [0.15, 0.2) is 5.76 Å². The predicted octanol–water partition coefficient (Wildman–Crippen LogP) is 4.83. The van der Waals surface area contributed by atoms with Crippen molar-refractivity contribution in [3.63, 3.8) is 0 Å². The number of hydrogen-bond acceptors (Lipinski definition) is 6. The zero-order chi connectivity index (χ0) is 22.8. The predicted molar refractivity (Wildman–Crippen MR) is 122 cm³/mol. The van der Waals surface area contributed by atoms with E-state index in [1.807, 2.05) is 0 Å². The molecule has 2 heterocycles. The maximum atomic E-state index is 13.0. The lowest BCUT2D eigenvalue weighted by Gasteiger charge is -2.23. The number of furan rings is 1. The van der Waals surface area contributed by atoms with E-state index in [0.717, 1.165) is 9.80 Å². The molecule has 32 heavy (non-hydrogen) atoms. The molecule has 4 rings (SSSR count). The molecule has 0 N–H and O–H groups in total. The van der Waals surface area contributed by atoms with Crippen LogP contribution in [0.5, 0.6) is 0 Å². The van der Waals surface area contributed by atoms with E-state index in [0.29, 0.717) is 21.8 Å². The minimum Gasteiger partial charge on any atom is -0.468 e. The van der Waals surface area contributed by atoms with Gasteiger partial charge in [0.05, 0.1) is 39.7 Å². The van der Waals surface area contributed by atoms with E-state index >= 15 is 0 Å². The molecule has 162 valence electrons. The molecule has 2 aromatic carbocycles. The summed E-state index contributed by atoms with van der Waals surface area (Å²) in [4.78, 5) is 40.1. The Morgan fingerprint density at radius 1 is 1.00 bits per heavy atom. The van der Waals surface area contributed by atoms with Crippen LogP contribution in [0.1, 0.15) is 31.3 Å². The standard InChI is InChI=1S/C22H14Cl2N2O5S/c23-16-8-7-13(12-17(16)24)26(21(29)18-6-3-10-30-18)22(32)31-11-9-25-19(27)14-4-1-2-5-15(14)20(25)28/h1-8,10,12H,9,11H2. The number of rotatable bonds is 5. The smallest absolute Gasteiger partial charge is 0.301 e. The number of anilines is 1. The van der Waals surface area contributed by atoms with Crippen LogP contribution in [0.4, 0.5) is 5.69 Å². The summed E-state index contributed by atoms with van der Waals surface area (Å²) in [6.45, 7) is -0.162. The van der Waals surface area contributed by atoms with E-state index in [2.05, 4.69) is 0 Å². The fraction of sp³-hybridized carbons (Fsp3) is 0.0909. The number of carbonyl (C=O) groups is 3. The molecule has 0 unspecified atom stereocenters. The molecule has 0 spiro atoms. The number of hydrogen-bond donors (Lipinski definition) is 0. The summed E-state index contributed by atoms with van der Waals surface area (Å²) in [5, 5.41) is 0.315. The molecule has 10 heteroatoms. The molecule has 0 saturated carbocycles. The zero-order valence-corrected chi connectivity index (χ0v) is 18.6. The number of benzene rings is 2. The van der Waals surface area contributed by atoms with E-state index < -0.39 is 17.7 Å². The molecule has 0 aliphatic carbocycles. The zero-order valence-electron chi connectivity index (χ0n) is 16.3. The van der Waals surface area contributed by atoms with Gasteiger partial charge in [-0.1, -0.05) is 35.3 Å². The number of halogens is 2. The molecular formula is C22H14Cl2N2O5S. The SMILES string of the molecule is O=C1c2ccccc2C(=O)N1CCOC(=S)N(C(=O)c1ccco1)c1ccc(Cl)c(Cl)c1. The second-order valence-corrected chi connectivity index (χ2v) is 7.80. The summed E-state index contributed by atoms with van der Waals surface area (Å²) in [6, 6.07) is 14.1. The highest BCUT2D eigenvalue weighted by molar-refractivity contribution is 7.80. The van der Waals surface area contributed by atoms with Crippen molar-refractivity contribution in [1.29, 1.82) is 0 Å². The fourth-order valence-electron chi connectivity index (χ4n) is 3.17. The Bertz CT molecular complexity index is 1190. The molecule has 7 nitrogen and oxygen atoms in total. The minimum atomic E-state index is -0.584. The van der Waals surface area contributed by atoms with Gasteiger partial charge in [0.2, 0.25) is 0 Å². The quantitative estimate of drug-likeness (QED) is 0.377. The number of nitrogens with zero attached hydrogens (tertiary/aromatic N) is 2. The Morgan fingerprint density at radius 2 is 1.69 bits per heavy atom. The molecule has 3 amide bonds. The highest BCUT2D eigenvalue weighted by atomic mass is 35.5. The van der Waals surface area contributed by atoms with Crippen LogP contribution in [0.25, 0.3) is 0 Å². The summed E-state index contributed by atoms with van der Waals surface area (Å²) in [5.41, 5.74) is 0.988. The first-order valence-electron chi connectivity index (χ1n) is 9.33. The second kappa shape index (κ2) is 9.12. The average Bonchev–Trinajstić information content (AvgIpc) is 3.40. The van der Waals surface area contributed by atoms with Crippen molar-refractivity contribution < 1.29 is 23.5 Å². The van der Waals surface area contributed by atoms with Gasteiger partial charge in [-0.3, -0.25) is 19.3 Å². The fourth-order valence-corrected chi connectivity index (χ4v) is 3.74. The third-order valence-electron chi connectivity index (χ3n) is 4.70. The number of ether oxygens (including phenoxy) is 1. The van der Waals surface area contributed by atoms with Gasteiger partial charge < -0.3 is 9.15 Å². The molecule has 0 radical (unpaired) electrons. The van der Waals surface area contributed by atoms with Crippen LogP contribution < -0.4 is 4.90 Å². The maximum Gasteiger partial charge on any atom is 0.301 e. The molecule has 0 saturated heterocycles. The lowest BCUT2D eigenvalue weighted by molar-refractivity contribution is 0.0627. The third kappa shape index (κ3) is 4.12. The Morgan fingerprint density at radius 3 is 2.28 bits per heavy atom. The normalized spacial score (nSPS) is 12.6. The average molecular weight is 489 g/mol. The number of thiocarbonyl (C=S) groups is 1. The molecule has 0 atom stereocenters. The number of fused-ring (bicyclic) bond motifs is 1. The van der Waals surface area contributed by atoms with Gasteiger partial charge in [0, 0.05) is 0 Å². The molecule has 1 aliphatic rings. The summed E-state index contributed by atoms with van der Waals surface area (Å²) in [7, 11) is 0. The van der Waals surface area contributed by atoms with Crippen molar-refractivity contribution in [2.75, 3.05) is 18.1 Å². The van der Waals surface area contributed by atoms with E-state index in [-0.39, 0.29) is 29.1 Å². The third-order valence-corrected chi connectivity index (χ3v) is 5.74. The summed E-state index contributed by atoms with van der Waals surface area (Å²) >= 11 is 17.4. The van der Waals surface area contributed by atoms with Crippen LogP contribution >= 0.6 is 35.4 Å². The first-order valence-corrected chi connectivity index (χ1v) is 10.5. The van der Waals surface area contributed by atoms with Crippen LogP contribution in [0.15, 0.2) is 65.3 Å². The van der Waals surface area contributed by atoms with Crippen molar-refractivity contribution in [3.8, 4) is 0 Å². The second-order valence-electron chi connectivity index (χ2n) is 6.64. The van der Waals surface area contributed by atoms with Crippen molar-refractivity contribution >= 4 is 64.0 Å².